The van der Waals surface area contributed by atoms with Crippen molar-refractivity contribution < 1.29 is 0 Å². The van der Waals surface area contributed by atoms with E-state index in [0.717, 1.165) is 27.3 Å². The molecule has 0 bridgehead atoms. The molecule has 2 N–H and O–H groups in total. The summed E-state index contributed by atoms with van der Waals surface area (Å²) in [6.45, 7) is 4.42. The first-order chi connectivity index (χ1) is 12.1. The Morgan fingerprint density at radius 2 is 1.64 bits per heavy atom. The summed E-state index contributed by atoms with van der Waals surface area (Å²) in [5.74, 6) is 0.527. The van der Waals surface area contributed by atoms with E-state index in [9.17, 15) is 0 Å². The molecule has 0 amide bonds. The van der Waals surface area contributed by atoms with Crippen LogP contribution in [0, 0.1) is 0 Å². The highest BCUT2D eigenvalue weighted by molar-refractivity contribution is 7.21. The van der Waals surface area contributed by atoms with Crippen molar-refractivity contribution in [3.63, 3.8) is 0 Å². The lowest BCUT2D eigenvalue weighted by Gasteiger charge is -2.11. The molecule has 0 aliphatic heterocycles. The van der Waals surface area contributed by atoms with Crippen LogP contribution in [0.1, 0.15) is 25.3 Å². The maximum Gasteiger partial charge on any atom is 0.125 e. The topological polar surface area (TPSA) is 38.9 Å². The molecule has 0 aliphatic carbocycles. The third-order valence-corrected chi connectivity index (χ3v) is 5.53. The Kier molecular flexibility index (Phi) is 4.02. The molecule has 1 aromatic heterocycles. The Balaban J connectivity index is 1.86. The summed E-state index contributed by atoms with van der Waals surface area (Å²) < 4.78 is 1.20. The highest BCUT2D eigenvalue weighted by atomic mass is 32.1. The Hall–Kier alpha value is -2.65. The van der Waals surface area contributed by atoms with Gasteiger partial charge in [-0.3, -0.25) is 0 Å². The quantitative estimate of drug-likeness (QED) is 0.441. The van der Waals surface area contributed by atoms with Crippen molar-refractivity contribution in [2.75, 3.05) is 5.73 Å². The summed E-state index contributed by atoms with van der Waals surface area (Å²) in [5, 5.41) is 1.03. The summed E-state index contributed by atoms with van der Waals surface area (Å²) in [6, 6.07) is 23.1. The van der Waals surface area contributed by atoms with Crippen molar-refractivity contribution in [3.8, 4) is 21.7 Å². The molecule has 3 aromatic carbocycles. The minimum absolute atomic E-state index is 0.527. The molecule has 4 rings (SSSR count). The number of benzene rings is 3. The molecular formula is C22H20N2S. The second-order valence-corrected chi connectivity index (χ2v) is 7.60. The number of nitrogens with zero attached hydrogens (tertiary/aromatic N) is 1. The molecule has 4 aromatic rings. The first-order valence-corrected chi connectivity index (χ1v) is 9.29. The van der Waals surface area contributed by atoms with Gasteiger partial charge in [-0.15, -0.1) is 11.3 Å². The maximum absolute atomic E-state index is 6.08. The van der Waals surface area contributed by atoms with Gasteiger partial charge in [0, 0.05) is 11.3 Å². The van der Waals surface area contributed by atoms with E-state index in [1.54, 1.807) is 11.3 Å². The van der Waals surface area contributed by atoms with Crippen molar-refractivity contribution in [3.05, 3.63) is 72.3 Å². The van der Waals surface area contributed by atoms with E-state index in [4.69, 9.17) is 10.7 Å². The molecule has 0 atom stereocenters. The molecule has 0 spiro atoms. The number of para-hydroxylation sites is 1. The van der Waals surface area contributed by atoms with Crippen LogP contribution in [-0.2, 0) is 0 Å². The lowest BCUT2D eigenvalue weighted by molar-refractivity contribution is 0.867. The number of rotatable bonds is 3. The number of nitrogens with two attached hydrogens (primary N) is 1. The van der Waals surface area contributed by atoms with Crippen LogP contribution in [0.4, 0.5) is 5.69 Å². The van der Waals surface area contributed by atoms with Gasteiger partial charge in [0.1, 0.15) is 5.01 Å². The van der Waals surface area contributed by atoms with Gasteiger partial charge in [-0.2, -0.15) is 0 Å². The van der Waals surface area contributed by atoms with Gasteiger partial charge in [0.2, 0.25) is 0 Å². The molecule has 25 heavy (non-hydrogen) atoms. The average Bonchev–Trinajstić information content (AvgIpc) is 3.05. The van der Waals surface area contributed by atoms with E-state index in [1.807, 2.05) is 18.2 Å². The number of anilines is 1. The fraction of sp³-hybridized carbons (Fsp3) is 0.136. The van der Waals surface area contributed by atoms with Gasteiger partial charge < -0.3 is 5.73 Å². The fourth-order valence-corrected chi connectivity index (χ4v) is 4.03. The minimum atomic E-state index is 0.527. The Labute approximate surface area is 152 Å². The molecule has 2 nitrogen and oxygen atoms in total. The monoisotopic (exact) mass is 344 g/mol. The SMILES string of the molecule is CC(C)c1ccc(-c2cc(N)ccc2-c2nc3ccccc3s2)cc1. The van der Waals surface area contributed by atoms with Crippen molar-refractivity contribution in [1.82, 2.24) is 4.98 Å². The van der Waals surface area contributed by atoms with Crippen LogP contribution in [0.25, 0.3) is 31.9 Å². The minimum Gasteiger partial charge on any atom is -0.399 e. The van der Waals surface area contributed by atoms with E-state index in [2.05, 4.69) is 62.4 Å². The van der Waals surface area contributed by atoms with Gasteiger partial charge in [-0.05, 0) is 52.9 Å². The molecule has 0 unspecified atom stereocenters. The Morgan fingerprint density at radius 3 is 2.36 bits per heavy atom. The van der Waals surface area contributed by atoms with Crippen LogP contribution in [0.5, 0.6) is 0 Å². The number of fused-ring (bicyclic) bond motifs is 1. The second kappa shape index (κ2) is 6.34. The lowest BCUT2D eigenvalue weighted by Crippen LogP contribution is -1.91. The van der Waals surface area contributed by atoms with Crippen LogP contribution >= 0.6 is 11.3 Å². The summed E-state index contributed by atoms with van der Waals surface area (Å²) >= 11 is 1.72. The number of thiazole rings is 1. The van der Waals surface area contributed by atoms with E-state index in [1.165, 1.54) is 15.8 Å². The average molecular weight is 344 g/mol. The highest BCUT2D eigenvalue weighted by Crippen LogP contribution is 2.38. The standard InChI is InChI=1S/C22H20N2S/c1-14(2)15-7-9-16(10-8-15)19-13-17(23)11-12-18(19)22-24-20-5-3-4-6-21(20)25-22/h3-14H,23H2,1-2H3. The number of aromatic nitrogens is 1. The summed E-state index contributed by atoms with van der Waals surface area (Å²) in [7, 11) is 0. The third-order valence-electron chi connectivity index (χ3n) is 4.46. The van der Waals surface area contributed by atoms with Crippen molar-refractivity contribution >= 4 is 27.2 Å². The van der Waals surface area contributed by atoms with Crippen LogP contribution in [-0.4, -0.2) is 4.98 Å². The van der Waals surface area contributed by atoms with Gasteiger partial charge in [0.25, 0.3) is 0 Å². The molecule has 0 saturated carbocycles. The van der Waals surface area contributed by atoms with Gasteiger partial charge in [0.15, 0.2) is 0 Å². The van der Waals surface area contributed by atoms with E-state index >= 15 is 0 Å². The normalized spacial score (nSPS) is 11.3. The van der Waals surface area contributed by atoms with Crippen molar-refractivity contribution in [2.24, 2.45) is 0 Å². The zero-order valence-corrected chi connectivity index (χ0v) is 15.2. The van der Waals surface area contributed by atoms with Crippen LogP contribution in [0.3, 0.4) is 0 Å². The summed E-state index contributed by atoms with van der Waals surface area (Å²) in [5.41, 5.74) is 12.7. The predicted octanol–water partition coefficient (Wildman–Crippen LogP) is 6.34. The van der Waals surface area contributed by atoms with Gasteiger partial charge in [-0.25, -0.2) is 4.98 Å². The first-order valence-electron chi connectivity index (χ1n) is 8.47. The molecule has 124 valence electrons. The van der Waals surface area contributed by atoms with E-state index in [0.29, 0.717) is 5.92 Å². The first kappa shape index (κ1) is 15.9. The Morgan fingerprint density at radius 1 is 0.880 bits per heavy atom. The van der Waals surface area contributed by atoms with Crippen LogP contribution < -0.4 is 5.73 Å². The largest absolute Gasteiger partial charge is 0.399 e. The maximum atomic E-state index is 6.08. The van der Waals surface area contributed by atoms with Gasteiger partial charge >= 0.3 is 0 Å². The fourth-order valence-electron chi connectivity index (χ4n) is 3.02. The molecule has 0 fully saturated rings. The van der Waals surface area contributed by atoms with E-state index < -0.39 is 0 Å². The number of hydrogen-bond donors (Lipinski definition) is 1. The summed E-state index contributed by atoms with van der Waals surface area (Å²) in [4.78, 5) is 4.82. The number of nitrogen functional groups attached to an aromatic ring is 1. The molecular weight excluding hydrogens is 324 g/mol. The Bertz CT molecular complexity index is 997. The zero-order valence-electron chi connectivity index (χ0n) is 14.4. The molecule has 3 heteroatoms. The molecule has 0 saturated heterocycles. The molecule has 0 radical (unpaired) electrons. The van der Waals surface area contributed by atoms with Crippen molar-refractivity contribution in [2.45, 2.75) is 19.8 Å². The van der Waals surface area contributed by atoms with Crippen LogP contribution in [0.15, 0.2) is 66.7 Å². The summed E-state index contributed by atoms with van der Waals surface area (Å²) in [6.07, 6.45) is 0. The van der Waals surface area contributed by atoms with E-state index in [-0.39, 0.29) is 0 Å². The second-order valence-electron chi connectivity index (χ2n) is 6.57. The van der Waals surface area contributed by atoms with Gasteiger partial charge in [0.05, 0.1) is 10.2 Å². The molecule has 1 heterocycles. The smallest absolute Gasteiger partial charge is 0.125 e. The number of hydrogen-bond acceptors (Lipinski definition) is 3. The highest BCUT2D eigenvalue weighted by Gasteiger charge is 2.13. The lowest BCUT2D eigenvalue weighted by atomic mass is 9.96. The molecule has 0 aliphatic rings. The third kappa shape index (κ3) is 3.03. The zero-order chi connectivity index (χ0) is 17.4. The predicted molar refractivity (Wildman–Crippen MR) is 109 cm³/mol. The van der Waals surface area contributed by atoms with Crippen molar-refractivity contribution in [1.29, 1.82) is 0 Å². The van der Waals surface area contributed by atoms with Crippen LogP contribution in [0.2, 0.25) is 0 Å². The van der Waals surface area contributed by atoms with Gasteiger partial charge in [-0.1, -0.05) is 50.2 Å².